The van der Waals surface area contributed by atoms with Crippen molar-refractivity contribution in [1.82, 2.24) is 9.78 Å². The number of anilines is 1. The Labute approximate surface area is 113 Å². The van der Waals surface area contributed by atoms with E-state index in [1.165, 1.54) is 0 Å². The molecule has 4 nitrogen and oxygen atoms in total. The van der Waals surface area contributed by atoms with Gasteiger partial charge in [0.15, 0.2) is 0 Å². The molecule has 0 aliphatic carbocycles. The Morgan fingerprint density at radius 3 is 2.79 bits per heavy atom. The van der Waals surface area contributed by atoms with E-state index >= 15 is 0 Å². The summed E-state index contributed by atoms with van der Waals surface area (Å²) >= 11 is 0. The van der Waals surface area contributed by atoms with Gasteiger partial charge in [-0.2, -0.15) is 5.10 Å². The maximum atomic E-state index is 6.08. The van der Waals surface area contributed by atoms with Crippen molar-refractivity contribution < 1.29 is 4.74 Å². The third-order valence-electron chi connectivity index (χ3n) is 3.53. The van der Waals surface area contributed by atoms with E-state index in [0.29, 0.717) is 5.82 Å². The Kier molecular flexibility index (Phi) is 2.55. The van der Waals surface area contributed by atoms with Crippen LogP contribution in [0.2, 0.25) is 0 Å². The highest BCUT2D eigenvalue weighted by Crippen LogP contribution is 2.41. The van der Waals surface area contributed by atoms with Crippen molar-refractivity contribution in [2.45, 2.75) is 38.8 Å². The summed E-state index contributed by atoms with van der Waals surface area (Å²) in [5.74, 6) is 1.63. The number of nitrogens with zero attached hydrogens (tertiary/aromatic N) is 2. The Bertz CT molecular complexity index is 616. The van der Waals surface area contributed by atoms with Crippen LogP contribution >= 0.6 is 0 Å². The van der Waals surface area contributed by atoms with Gasteiger partial charge < -0.3 is 10.5 Å². The lowest BCUT2D eigenvalue weighted by molar-refractivity contribution is 0.0652. The van der Waals surface area contributed by atoms with Crippen LogP contribution in [0.3, 0.4) is 0 Å². The summed E-state index contributed by atoms with van der Waals surface area (Å²) in [4.78, 5) is 0. The molecular weight excluding hydrogens is 238 g/mol. The molecule has 1 aliphatic heterocycles. The highest BCUT2D eigenvalue weighted by atomic mass is 16.5. The second kappa shape index (κ2) is 4.02. The molecule has 0 radical (unpaired) electrons. The van der Waals surface area contributed by atoms with Gasteiger partial charge in [-0.1, -0.05) is 18.2 Å². The van der Waals surface area contributed by atoms with Crippen LogP contribution in [-0.2, 0) is 0 Å². The van der Waals surface area contributed by atoms with E-state index in [-0.39, 0.29) is 11.6 Å². The molecule has 0 bridgehead atoms. The predicted molar refractivity (Wildman–Crippen MR) is 75.3 cm³/mol. The van der Waals surface area contributed by atoms with Gasteiger partial charge >= 0.3 is 0 Å². The first-order valence-electron chi connectivity index (χ1n) is 6.56. The first-order valence-corrected chi connectivity index (χ1v) is 6.56. The van der Waals surface area contributed by atoms with Gasteiger partial charge in [-0.3, -0.25) is 0 Å². The first-order chi connectivity index (χ1) is 8.96. The van der Waals surface area contributed by atoms with Crippen molar-refractivity contribution in [2.24, 2.45) is 0 Å². The number of hydrogen-bond acceptors (Lipinski definition) is 3. The van der Waals surface area contributed by atoms with Crippen LogP contribution in [0.5, 0.6) is 5.75 Å². The fourth-order valence-corrected chi connectivity index (χ4v) is 2.77. The molecule has 0 spiro atoms. The lowest BCUT2D eigenvalue weighted by Crippen LogP contribution is -2.37. The minimum absolute atomic E-state index is 0.133. The molecule has 2 aromatic rings. The van der Waals surface area contributed by atoms with Crippen molar-refractivity contribution in [3.05, 3.63) is 41.6 Å². The van der Waals surface area contributed by atoms with E-state index in [4.69, 9.17) is 10.5 Å². The molecule has 0 amide bonds. The predicted octanol–water partition coefficient (Wildman–Crippen LogP) is 2.92. The van der Waals surface area contributed by atoms with Gasteiger partial charge in [0, 0.05) is 18.1 Å². The van der Waals surface area contributed by atoms with Crippen LogP contribution < -0.4 is 10.5 Å². The Morgan fingerprint density at radius 1 is 1.37 bits per heavy atom. The van der Waals surface area contributed by atoms with Crippen LogP contribution in [0.25, 0.3) is 0 Å². The summed E-state index contributed by atoms with van der Waals surface area (Å²) in [7, 11) is 0. The number of aromatic nitrogens is 2. The molecule has 3 rings (SSSR count). The van der Waals surface area contributed by atoms with Crippen LogP contribution in [0.4, 0.5) is 5.82 Å². The average molecular weight is 257 g/mol. The smallest absolute Gasteiger partial charge is 0.125 e. The quantitative estimate of drug-likeness (QED) is 0.854. The van der Waals surface area contributed by atoms with E-state index in [9.17, 15) is 0 Å². The minimum atomic E-state index is -0.217. The molecule has 4 heteroatoms. The third-order valence-corrected chi connectivity index (χ3v) is 3.53. The van der Waals surface area contributed by atoms with E-state index in [1.54, 1.807) is 0 Å². The molecule has 0 saturated carbocycles. The number of hydrogen-bond donors (Lipinski definition) is 1. The minimum Gasteiger partial charge on any atom is -0.487 e. The number of rotatable bonds is 1. The van der Waals surface area contributed by atoms with Gasteiger partial charge in [0.25, 0.3) is 0 Å². The van der Waals surface area contributed by atoms with Gasteiger partial charge in [-0.05, 0) is 26.8 Å². The Morgan fingerprint density at radius 2 is 2.11 bits per heavy atom. The van der Waals surface area contributed by atoms with Gasteiger partial charge in [0.2, 0.25) is 0 Å². The molecule has 0 fully saturated rings. The number of nitrogen functional groups attached to an aromatic ring is 1. The third kappa shape index (κ3) is 2.07. The Hall–Kier alpha value is -1.97. The van der Waals surface area contributed by atoms with E-state index in [1.807, 2.05) is 35.9 Å². The second-order valence-electron chi connectivity index (χ2n) is 5.77. The first kappa shape index (κ1) is 12.1. The highest BCUT2D eigenvalue weighted by molar-refractivity contribution is 5.41. The standard InChI is InChI=1S/C15H19N3O/c1-10-8-14(16)18(17-10)12-9-15(2,3)19-13-7-5-4-6-11(12)13/h4-8,12H,9,16H2,1-3H3. The zero-order valence-corrected chi connectivity index (χ0v) is 11.6. The summed E-state index contributed by atoms with van der Waals surface area (Å²) in [5, 5.41) is 4.53. The van der Waals surface area contributed by atoms with Crippen LogP contribution in [-0.4, -0.2) is 15.4 Å². The molecular formula is C15H19N3O. The lowest BCUT2D eigenvalue weighted by atomic mass is 9.90. The number of fused-ring (bicyclic) bond motifs is 1. The van der Waals surface area contributed by atoms with Crippen molar-refractivity contribution in [2.75, 3.05) is 5.73 Å². The van der Waals surface area contributed by atoms with Gasteiger partial charge in [-0.25, -0.2) is 4.68 Å². The van der Waals surface area contributed by atoms with Gasteiger partial charge in [0.1, 0.15) is 17.2 Å². The molecule has 2 heterocycles. The Balaban J connectivity index is 2.13. The molecule has 100 valence electrons. The van der Waals surface area contributed by atoms with Gasteiger partial charge in [0.05, 0.1) is 11.7 Å². The monoisotopic (exact) mass is 257 g/mol. The molecule has 19 heavy (non-hydrogen) atoms. The number of para-hydroxylation sites is 1. The summed E-state index contributed by atoms with van der Waals surface area (Å²) in [5.41, 5.74) is 7.95. The number of aryl methyl sites for hydroxylation is 1. The second-order valence-corrected chi connectivity index (χ2v) is 5.77. The van der Waals surface area contributed by atoms with Crippen molar-refractivity contribution in [3.63, 3.8) is 0 Å². The van der Waals surface area contributed by atoms with E-state index in [0.717, 1.165) is 23.4 Å². The number of benzene rings is 1. The van der Waals surface area contributed by atoms with Crippen LogP contribution in [0.1, 0.15) is 37.6 Å². The molecule has 1 aromatic heterocycles. The zero-order valence-electron chi connectivity index (χ0n) is 11.6. The molecule has 2 N–H and O–H groups in total. The normalized spacial score (nSPS) is 20.7. The zero-order chi connectivity index (χ0) is 13.6. The van der Waals surface area contributed by atoms with E-state index in [2.05, 4.69) is 25.0 Å². The molecule has 1 atom stereocenters. The average Bonchev–Trinajstić information content (AvgIpc) is 2.66. The molecule has 0 saturated heterocycles. The van der Waals surface area contributed by atoms with Gasteiger partial charge in [-0.15, -0.1) is 0 Å². The summed E-state index contributed by atoms with van der Waals surface area (Å²) in [6, 6.07) is 10.2. The number of ether oxygens (including phenoxy) is 1. The molecule has 1 aromatic carbocycles. The maximum Gasteiger partial charge on any atom is 0.125 e. The van der Waals surface area contributed by atoms with Crippen molar-refractivity contribution in [1.29, 1.82) is 0 Å². The lowest BCUT2D eigenvalue weighted by Gasteiger charge is -2.37. The number of nitrogens with two attached hydrogens (primary N) is 1. The summed E-state index contributed by atoms with van der Waals surface area (Å²) in [6.07, 6.45) is 0.856. The van der Waals surface area contributed by atoms with E-state index < -0.39 is 0 Å². The van der Waals surface area contributed by atoms with Crippen molar-refractivity contribution in [3.8, 4) is 5.75 Å². The maximum absolute atomic E-state index is 6.08. The van der Waals surface area contributed by atoms with Crippen molar-refractivity contribution >= 4 is 5.82 Å². The topological polar surface area (TPSA) is 53.1 Å². The fourth-order valence-electron chi connectivity index (χ4n) is 2.77. The molecule has 1 aliphatic rings. The van der Waals surface area contributed by atoms with Crippen LogP contribution in [0.15, 0.2) is 30.3 Å². The largest absolute Gasteiger partial charge is 0.487 e. The summed E-state index contributed by atoms with van der Waals surface area (Å²) < 4.78 is 7.95. The SMILES string of the molecule is Cc1cc(N)n(C2CC(C)(C)Oc3ccccc32)n1. The highest BCUT2D eigenvalue weighted by Gasteiger charge is 2.35. The fraction of sp³-hybridized carbons (Fsp3) is 0.400. The summed E-state index contributed by atoms with van der Waals surface area (Å²) in [6.45, 7) is 6.16. The van der Waals surface area contributed by atoms with Crippen LogP contribution in [0, 0.1) is 6.92 Å². The molecule has 1 unspecified atom stereocenters.